The first-order valence-electron chi connectivity index (χ1n) is 10.4. The lowest BCUT2D eigenvalue weighted by atomic mass is 10.1. The smallest absolute Gasteiger partial charge is 0.224 e. The van der Waals surface area contributed by atoms with E-state index in [9.17, 15) is 5.26 Å². The molecule has 0 aliphatic carbocycles. The molecular formula is C25H20N6OS. The third-order valence-corrected chi connectivity index (χ3v) is 6.13. The van der Waals surface area contributed by atoms with Crippen molar-refractivity contribution in [2.24, 2.45) is 0 Å². The van der Waals surface area contributed by atoms with Crippen molar-refractivity contribution in [1.29, 1.82) is 5.26 Å². The van der Waals surface area contributed by atoms with Crippen molar-refractivity contribution in [3.05, 3.63) is 82.7 Å². The van der Waals surface area contributed by atoms with E-state index in [0.717, 1.165) is 30.0 Å². The van der Waals surface area contributed by atoms with Crippen LogP contribution in [0.1, 0.15) is 10.4 Å². The molecule has 0 radical (unpaired) electrons. The Hall–Kier alpha value is -4.22. The third-order valence-electron chi connectivity index (χ3n) is 5.20. The first-order chi connectivity index (χ1) is 16.2. The second kappa shape index (κ2) is 9.10. The molecule has 5 aromatic rings. The number of anilines is 1. The minimum absolute atomic E-state index is 0.542. The van der Waals surface area contributed by atoms with Gasteiger partial charge in [0.05, 0.1) is 30.6 Å². The first kappa shape index (κ1) is 20.7. The number of nitriles is 1. The van der Waals surface area contributed by atoms with Crippen molar-refractivity contribution in [3.8, 4) is 28.9 Å². The monoisotopic (exact) mass is 452 g/mol. The van der Waals surface area contributed by atoms with Crippen LogP contribution in [-0.4, -0.2) is 33.2 Å². The Balaban J connectivity index is 1.60. The fourth-order valence-electron chi connectivity index (χ4n) is 3.63. The van der Waals surface area contributed by atoms with Crippen molar-refractivity contribution in [2.75, 3.05) is 19.0 Å². The topological polar surface area (TPSA) is 88.7 Å². The molecule has 7 nitrogen and oxygen atoms in total. The lowest BCUT2D eigenvalue weighted by Crippen LogP contribution is -2.08. The van der Waals surface area contributed by atoms with Crippen molar-refractivity contribution in [2.45, 2.75) is 6.42 Å². The van der Waals surface area contributed by atoms with Crippen LogP contribution < -0.4 is 10.1 Å². The van der Waals surface area contributed by atoms with E-state index in [0.29, 0.717) is 28.5 Å². The summed E-state index contributed by atoms with van der Waals surface area (Å²) in [6.45, 7) is 0.733. The second-order valence-electron chi connectivity index (χ2n) is 7.32. The van der Waals surface area contributed by atoms with Gasteiger partial charge in [0.1, 0.15) is 17.1 Å². The van der Waals surface area contributed by atoms with Crippen molar-refractivity contribution in [3.63, 3.8) is 0 Å². The van der Waals surface area contributed by atoms with Gasteiger partial charge in [-0.1, -0.05) is 24.3 Å². The van der Waals surface area contributed by atoms with Gasteiger partial charge in [0.2, 0.25) is 5.95 Å². The van der Waals surface area contributed by atoms with Crippen LogP contribution in [0.25, 0.3) is 28.2 Å². The number of fused-ring (bicyclic) bond motifs is 1. The second-order valence-corrected chi connectivity index (χ2v) is 8.36. The molecule has 0 saturated carbocycles. The highest BCUT2D eigenvalue weighted by molar-refractivity contribution is 7.09. The number of thiophene rings is 1. The molecule has 5 rings (SSSR count). The summed E-state index contributed by atoms with van der Waals surface area (Å²) < 4.78 is 7.41. The van der Waals surface area contributed by atoms with Crippen LogP contribution in [0.15, 0.2) is 72.2 Å². The molecule has 2 aromatic carbocycles. The molecule has 1 N–H and O–H groups in total. The van der Waals surface area contributed by atoms with E-state index in [1.165, 1.54) is 4.88 Å². The van der Waals surface area contributed by atoms with Crippen LogP contribution >= 0.6 is 11.3 Å². The van der Waals surface area contributed by atoms with Crippen LogP contribution in [-0.2, 0) is 6.42 Å². The van der Waals surface area contributed by atoms with Gasteiger partial charge in [-0.2, -0.15) is 10.2 Å². The highest BCUT2D eigenvalue weighted by Crippen LogP contribution is 2.30. The standard InChI is InChI=1S/C25H20N6OS/c1-32-20-8-3-7-19(14-20)31-23(18-6-2-5-17(13-18)15-26)29-22-16-28-25(30-24(22)31)27-11-10-21-9-4-12-33-21/h2-9,12-14,16H,10-11H2,1H3,(H,27,28,30). The summed E-state index contributed by atoms with van der Waals surface area (Å²) in [5.74, 6) is 1.95. The molecule has 0 fully saturated rings. The van der Waals surface area contributed by atoms with E-state index < -0.39 is 0 Å². The maximum Gasteiger partial charge on any atom is 0.224 e. The number of aromatic nitrogens is 4. The van der Waals surface area contributed by atoms with Crippen LogP contribution in [0.2, 0.25) is 0 Å². The normalized spacial score (nSPS) is 10.8. The van der Waals surface area contributed by atoms with Crippen LogP contribution in [0.5, 0.6) is 5.75 Å². The summed E-state index contributed by atoms with van der Waals surface area (Å²) in [7, 11) is 1.64. The Morgan fingerprint density at radius 1 is 1.09 bits per heavy atom. The maximum absolute atomic E-state index is 9.37. The van der Waals surface area contributed by atoms with Gasteiger partial charge in [-0.25, -0.2) is 9.97 Å². The van der Waals surface area contributed by atoms with Crippen LogP contribution in [0.3, 0.4) is 0 Å². The zero-order valence-corrected chi connectivity index (χ0v) is 18.7. The average Bonchev–Trinajstić information content (AvgIpc) is 3.52. The molecular weight excluding hydrogens is 432 g/mol. The van der Waals surface area contributed by atoms with E-state index in [1.54, 1.807) is 30.7 Å². The maximum atomic E-state index is 9.37. The molecule has 162 valence electrons. The molecule has 0 aliphatic rings. The quantitative estimate of drug-likeness (QED) is 0.370. The van der Waals surface area contributed by atoms with E-state index in [2.05, 4.69) is 33.9 Å². The average molecular weight is 453 g/mol. The Morgan fingerprint density at radius 2 is 2.00 bits per heavy atom. The number of hydrogen-bond donors (Lipinski definition) is 1. The van der Waals surface area contributed by atoms with Gasteiger partial charge >= 0.3 is 0 Å². The van der Waals surface area contributed by atoms with Crippen LogP contribution in [0, 0.1) is 11.3 Å². The van der Waals surface area contributed by atoms with Gasteiger partial charge < -0.3 is 10.1 Å². The predicted molar refractivity (Wildman–Crippen MR) is 130 cm³/mol. The molecule has 8 heteroatoms. The Bertz CT molecular complexity index is 1450. The van der Waals surface area contributed by atoms with Gasteiger partial charge in [0.25, 0.3) is 0 Å². The zero-order chi connectivity index (χ0) is 22.6. The fraction of sp³-hybridized carbons (Fsp3) is 0.120. The molecule has 0 saturated heterocycles. The number of ether oxygens (including phenoxy) is 1. The number of rotatable bonds is 7. The molecule has 0 amide bonds. The van der Waals surface area contributed by atoms with Crippen molar-refractivity contribution >= 4 is 28.4 Å². The number of imidazole rings is 1. The summed E-state index contributed by atoms with van der Waals surface area (Å²) in [5, 5.41) is 14.8. The van der Waals surface area contributed by atoms with Gasteiger partial charge in [-0.3, -0.25) is 4.57 Å². The molecule has 0 unspecified atom stereocenters. The largest absolute Gasteiger partial charge is 0.497 e. The summed E-state index contributed by atoms with van der Waals surface area (Å²) >= 11 is 1.74. The minimum atomic E-state index is 0.542. The lowest BCUT2D eigenvalue weighted by molar-refractivity contribution is 0.414. The van der Waals surface area contributed by atoms with E-state index >= 15 is 0 Å². The summed E-state index contributed by atoms with van der Waals surface area (Å²) in [6.07, 6.45) is 2.63. The van der Waals surface area contributed by atoms with Crippen molar-refractivity contribution < 1.29 is 4.74 Å². The zero-order valence-electron chi connectivity index (χ0n) is 17.9. The molecule has 3 aromatic heterocycles. The third kappa shape index (κ3) is 4.27. The molecule has 0 aliphatic heterocycles. The van der Waals surface area contributed by atoms with E-state index in [-0.39, 0.29) is 0 Å². The SMILES string of the molecule is COc1cccc(-n2c(-c3cccc(C#N)c3)nc3cnc(NCCc4cccs4)nc32)c1. The Kier molecular flexibility index (Phi) is 5.70. The summed E-state index contributed by atoms with van der Waals surface area (Å²) in [5.41, 5.74) is 3.59. The van der Waals surface area contributed by atoms with Gasteiger partial charge in [-0.15, -0.1) is 11.3 Å². The predicted octanol–water partition coefficient (Wildman–Crippen LogP) is 5.08. The number of nitrogens with one attached hydrogen (secondary N) is 1. The van der Waals surface area contributed by atoms with E-state index in [4.69, 9.17) is 14.7 Å². The van der Waals surface area contributed by atoms with Gasteiger partial charge in [-0.05, 0) is 42.1 Å². The summed E-state index contributed by atoms with van der Waals surface area (Å²) in [4.78, 5) is 15.4. The number of methoxy groups -OCH3 is 1. The first-order valence-corrected chi connectivity index (χ1v) is 11.3. The highest BCUT2D eigenvalue weighted by Gasteiger charge is 2.17. The molecule has 0 atom stereocenters. The highest BCUT2D eigenvalue weighted by atomic mass is 32.1. The van der Waals surface area contributed by atoms with Gasteiger partial charge in [0.15, 0.2) is 5.65 Å². The Labute approximate surface area is 195 Å². The van der Waals surface area contributed by atoms with Crippen molar-refractivity contribution in [1.82, 2.24) is 19.5 Å². The van der Waals surface area contributed by atoms with E-state index in [1.807, 2.05) is 47.0 Å². The van der Waals surface area contributed by atoms with Gasteiger partial charge in [0, 0.05) is 23.1 Å². The Morgan fingerprint density at radius 3 is 2.82 bits per heavy atom. The molecule has 33 heavy (non-hydrogen) atoms. The molecule has 0 spiro atoms. The van der Waals surface area contributed by atoms with Crippen LogP contribution in [0.4, 0.5) is 5.95 Å². The number of benzene rings is 2. The minimum Gasteiger partial charge on any atom is -0.497 e. The molecule has 3 heterocycles. The summed E-state index contributed by atoms with van der Waals surface area (Å²) in [6, 6.07) is 21.5. The fourth-order valence-corrected chi connectivity index (χ4v) is 4.34. The number of nitrogens with zero attached hydrogens (tertiary/aromatic N) is 5. The lowest BCUT2D eigenvalue weighted by Gasteiger charge is -2.11. The number of hydrogen-bond acceptors (Lipinski definition) is 7. The molecule has 0 bridgehead atoms.